The molecule has 1 atom stereocenters. The molecule has 0 fully saturated rings. The number of unbranched alkanes of at least 4 members (excludes halogenated alkanes) is 1. The summed E-state index contributed by atoms with van der Waals surface area (Å²) in [7, 11) is 2.12. The quantitative estimate of drug-likeness (QED) is 0.410. The molecule has 0 aliphatic carbocycles. The Balaban J connectivity index is 0. The maximum absolute atomic E-state index is 11.0. The zero-order valence-corrected chi connectivity index (χ0v) is 11.5. The second kappa shape index (κ2) is 10.2. The fourth-order valence-electron chi connectivity index (χ4n) is 1.04. The van der Waals surface area contributed by atoms with E-state index in [1.165, 1.54) is 17.7 Å². The van der Waals surface area contributed by atoms with E-state index in [0.29, 0.717) is 12.2 Å². The van der Waals surface area contributed by atoms with Gasteiger partial charge in [-0.1, -0.05) is 19.9 Å². The maximum Gasteiger partial charge on any atom is 0.333 e. The molecule has 0 aliphatic rings. The van der Waals surface area contributed by atoms with Gasteiger partial charge in [0.1, 0.15) is 13.2 Å². The van der Waals surface area contributed by atoms with Gasteiger partial charge in [-0.3, -0.25) is 0 Å². The molecule has 0 radical (unpaired) electrons. The van der Waals surface area contributed by atoms with Gasteiger partial charge in [-0.2, -0.15) is 0 Å². The highest BCUT2D eigenvalue weighted by molar-refractivity contribution is 5.86. The van der Waals surface area contributed by atoms with Crippen molar-refractivity contribution in [2.45, 2.75) is 26.7 Å². The Morgan fingerprint density at radius 3 is 2.47 bits per heavy atom. The van der Waals surface area contributed by atoms with Gasteiger partial charge in [-0.15, -0.1) is 0 Å². The fourth-order valence-corrected chi connectivity index (χ4v) is 1.04. The molecule has 90 valence electrons. The molecule has 0 saturated carbocycles. The van der Waals surface area contributed by atoms with Crippen molar-refractivity contribution in [3.05, 3.63) is 12.2 Å². The van der Waals surface area contributed by atoms with Gasteiger partial charge in [0.05, 0.1) is 13.6 Å². The van der Waals surface area contributed by atoms with E-state index in [9.17, 15) is 4.79 Å². The van der Waals surface area contributed by atoms with Crippen molar-refractivity contribution < 1.29 is 31.4 Å². The lowest BCUT2D eigenvalue weighted by molar-refractivity contribution is -0.880. The summed E-state index contributed by atoms with van der Waals surface area (Å²) in [5.74, 6) is -0.284. The van der Waals surface area contributed by atoms with Crippen LogP contribution in [0.4, 0.5) is 0 Å². The van der Waals surface area contributed by atoms with Gasteiger partial charge >= 0.3 is 5.97 Å². The molecule has 0 amide bonds. The first-order valence-corrected chi connectivity index (χ1v) is 5.21. The average molecular weight is 280 g/mol. The van der Waals surface area contributed by atoms with Crippen LogP contribution < -0.4 is 21.9 Å². The van der Waals surface area contributed by atoms with Crippen LogP contribution in [-0.4, -0.2) is 32.7 Å². The fraction of sp³-hybridized carbons (Fsp3) is 0.727. The molecule has 0 aromatic heterocycles. The first-order valence-electron chi connectivity index (χ1n) is 5.21. The lowest BCUT2D eigenvalue weighted by atomic mass is 10.3. The maximum atomic E-state index is 11.0. The molecule has 0 bridgehead atoms. The van der Waals surface area contributed by atoms with Crippen molar-refractivity contribution in [3.63, 3.8) is 0 Å². The van der Waals surface area contributed by atoms with Gasteiger partial charge in [0.25, 0.3) is 0 Å². The molecule has 15 heavy (non-hydrogen) atoms. The number of esters is 1. The first-order chi connectivity index (χ1) is 6.57. The van der Waals surface area contributed by atoms with Gasteiger partial charge in [0.2, 0.25) is 0 Å². The highest BCUT2D eigenvalue weighted by Crippen LogP contribution is 1.89. The highest BCUT2D eigenvalue weighted by atomic mass is 79.9. The number of nitrogens with one attached hydrogen (secondary N) is 1. The third-order valence-corrected chi connectivity index (χ3v) is 2.07. The van der Waals surface area contributed by atoms with Gasteiger partial charge in [0, 0.05) is 5.57 Å². The molecule has 0 aromatic rings. The molecule has 3 nitrogen and oxygen atoms in total. The van der Waals surface area contributed by atoms with Crippen LogP contribution in [0, 0.1) is 0 Å². The van der Waals surface area contributed by atoms with E-state index in [1.807, 2.05) is 0 Å². The zero-order chi connectivity index (χ0) is 11.0. The second-order valence-corrected chi connectivity index (χ2v) is 3.73. The Hall–Kier alpha value is -0.350. The highest BCUT2D eigenvalue weighted by Gasteiger charge is 2.05. The van der Waals surface area contributed by atoms with Crippen molar-refractivity contribution in [1.29, 1.82) is 0 Å². The molecule has 0 rings (SSSR count). The number of halogens is 1. The summed E-state index contributed by atoms with van der Waals surface area (Å²) in [5.41, 5.74) is 0.469. The van der Waals surface area contributed by atoms with E-state index < -0.39 is 0 Å². The third-order valence-electron chi connectivity index (χ3n) is 2.07. The van der Waals surface area contributed by atoms with Gasteiger partial charge in [-0.05, 0) is 13.3 Å². The number of quaternary nitrogens is 1. The molecule has 1 unspecified atom stereocenters. The summed E-state index contributed by atoms with van der Waals surface area (Å²) < 4.78 is 4.99. The molecule has 1 N–H and O–H groups in total. The number of ether oxygens (including phenoxy) is 1. The normalized spacial score (nSPS) is 11.4. The summed E-state index contributed by atoms with van der Waals surface area (Å²) in [4.78, 5) is 12.4. The molecule has 4 heteroatoms. The van der Waals surface area contributed by atoms with Gasteiger partial charge in [0.15, 0.2) is 0 Å². The van der Waals surface area contributed by atoms with Crippen molar-refractivity contribution in [1.82, 2.24) is 0 Å². The smallest absolute Gasteiger partial charge is 0.333 e. The second-order valence-electron chi connectivity index (χ2n) is 3.73. The largest absolute Gasteiger partial charge is 1.00 e. The van der Waals surface area contributed by atoms with Crippen LogP contribution >= 0.6 is 0 Å². The molecule has 0 saturated heterocycles. The van der Waals surface area contributed by atoms with Crippen LogP contribution in [0.2, 0.25) is 0 Å². The number of carbonyl (C=O) groups is 1. The number of carbonyl (C=O) groups excluding carboxylic acids is 1. The van der Waals surface area contributed by atoms with Crippen molar-refractivity contribution in [3.8, 4) is 0 Å². The van der Waals surface area contributed by atoms with Crippen LogP contribution in [0.25, 0.3) is 0 Å². The SMILES string of the molecule is C=C(C)C(=O)OCC[NH+](C)CCCC.[Br-]. The Labute approximate surface area is 103 Å². The van der Waals surface area contributed by atoms with Crippen LogP contribution in [0.3, 0.4) is 0 Å². The summed E-state index contributed by atoms with van der Waals surface area (Å²) in [6, 6.07) is 0. The number of hydrogen-bond donors (Lipinski definition) is 1. The van der Waals surface area contributed by atoms with Crippen molar-refractivity contribution in [2.24, 2.45) is 0 Å². The standard InChI is InChI=1S/C11H21NO2.BrH/c1-5-6-7-12(4)8-9-14-11(13)10(2)3;/h2,5-9H2,1,3-4H3;1H. The lowest BCUT2D eigenvalue weighted by Gasteiger charge is -2.13. The van der Waals surface area contributed by atoms with Crippen molar-refractivity contribution in [2.75, 3.05) is 26.7 Å². The van der Waals surface area contributed by atoms with Gasteiger partial charge in [-0.25, -0.2) is 4.79 Å². The average Bonchev–Trinajstić information content (AvgIpc) is 2.14. The van der Waals surface area contributed by atoms with E-state index in [1.54, 1.807) is 6.92 Å². The number of hydrogen-bond acceptors (Lipinski definition) is 2. The zero-order valence-electron chi connectivity index (χ0n) is 9.94. The van der Waals surface area contributed by atoms with Crippen LogP contribution in [0.15, 0.2) is 12.2 Å². The Kier molecular flexibility index (Phi) is 11.6. The van der Waals surface area contributed by atoms with Gasteiger partial charge < -0.3 is 26.6 Å². The molecular formula is C11H22BrNO2. The number of likely N-dealkylation sites (N-methyl/N-ethyl adjacent to an activating group) is 1. The Bertz CT molecular complexity index is 195. The molecule has 0 heterocycles. The molecule has 0 aliphatic heterocycles. The predicted molar refractivity (Wildman–Crippen MR) is 57.3 cm³/mol. The minimum absolute atomic E-state index is 0. The summed E-state index contributed by atoms with van der Waals surface area (Å²) in [5, 5.41) is 0. The summed E-state index contributed by atoms with van der Waals surface area (Å²) in [6.45, 7) is 9.86. The Morgan fingerprint density at radius 2 is 2.00 bits per heavy atom. The summed E-state index contributed by atoms with van der Waals surface area (Å²) >= 11 is 0. The Morgan fingerprint density at radius 1 is 1.40 bits per heavy atom. The van der Waals surface area contributed by atoms with E-state index >= 15 is 0 Å². The monoisotopic (exact) mass is 279 g/mol. The molecular weight excluding hydrogens is 258 g/mol. The van der Waals surface area contributed by atoms with Crippen LogP contribution in [-0.2, 0) is 9.53 Å². The summed E-state index contributed by atoms with van der Waals surface area (Å²) in [6.07, 6.45) is 2.43. The third kappa shape index (κ3) is 9.94. The van der Waals surface area contributed by atoms with Crippen molar-refractivity contribution >= 4 is 5.97 Å². The minimum atomic E-state index is -0.284. The molecule has 0 aromatic carbocycles. The minimum Gasteiger partial charge on any atom is -1.00 e. The lowest BCUT2D eigenvalue weighted by Crippen LogP contribution is -3.09. The topological polar surface area (TPSA) is 30.7 Å². The molecule has 0 spiro atoms. The van der Waals surface area contributed by atoms with Crippen LogP contribution in [0.1, 0.15) is 26.7 Å². The number of rotatable bonds is 7. The first kappa shape index (κ1) is 17.1. The predicted octanol–water partition coefficient (Wildman–Crippen LogP) is -2.58. The van der Waals surface area contributed by atoms with Crippen LogP contribution in [0.5, 0.6) is 0 Å². The van der Waals surface area contributed by atoms with E-state index in [2.05, 4.69) is 20.6 Å². The van der Waals surface area contributed by atoms with E-state index in [0.717, 1.165) is 13.1 Å². The van der Waals surface area contributed by atoms with E-state index in [4.69, 9.17) is 4.74 Å². The van der Waals surface area contributed by atoms with E-state index in [-0.39, 0.29) is 23.0 Å².